The highest BCUT2D eigenvalue weighted by atomic mass is 19.1. The van der Waals surface area contributed by atoms with Crippen LogP contribution in [0.15, 0.2) is 18.2 Å². The maximum absolute atomic E-state index is 13.6. The lowest BCUT2D eigenvalue weighted by atomic mass is 9.71. The lowest BCUT2D eigenvalue weighted by Crippen LogP contribution is -2.43. The van der Waals surface area contributed by atoms with Gasteiger partial charge < -0.3 is 5.32 Å². The van der Waals surface area contributed by atoms with Crippen LogP contribution >= 0.6 is 0 Å². The summed E-state index contributed by atoms with van der Waals surface area (Å²) in [6.07, 6.45) is 1.84. The Kier molecular flexibility index (Phi) is 4.53. The monoisotopic (exact) mass is 281 g/mol. The summed E-state index contributed by atoms with van der Waals surface area (Å²) in [4.78, 5) is 12.5. The van der Waals surface area contributed by atoms with Crippen molar-refractivity contribution in [2.24, 2.45) is 11.3 Å². The van der Waals surface area contributed by atoms with E-state index >= 15 is 0 Å². The minimum Gasteiger partial charge on any atom is -0.316 e. The first kappa shape index (κ1) is 15.1. The van der Waals surface area contributed by atoms with Crippen molar-refractivity contribution in [1.82, 2.24) is 5.32 Å². The summed E-state index contributed by atoms with van der Waals surface area (Å²) in [7, 11) is 0. The average Bonchev–Trinajstić information content (AvgIpc) is 2.43. The smallest absolute Gasteiger partial charge is 0.143 e. The van der Waals surface area contributed by atoms with Crippen LogP contribution < -0.4 is 5.32 Å². The molecule has 1 atom stereocenters. The molecule has 1 unspecified atom stereocenters. The van der Waals surface area contributed by atoms with E-state index in [0.29, 0.717) is 0 Å². The Morgan fingerprint density at radius 1 is 1.35 bits per heavy atom. The van der Waals surface area contributed by atoms with Gasteiger partial charge in [0, 0.05) is 17.4 Å². The Bertz CT molecular complexity index is 473. The van der Waals surface area contributed by atoms with Gasteiger partial charge in [-0.3, -0.25) is 4.79 Å². The maximum atomic E-state index is 13.6. The highest BCUT2D eigenvalue weighted by molar-refractivity contribution is 5.86. The van der Waals surface area contributed by atoms with Gasteiger partial charge in [0.1, 0.15) is 17.4 Å². The number of carbonyl (C=O) groups excluding carboxylic acids is 1. The molecular weight excluding hydrogens is 260 g/mol. The van der Waals surface area contributed by atoms with Crippen LogP contribution in [-0.2, 0) is 11.2 Å². The molecule has 1 aromatic rings. The zero-order valence-electron chi connectivity index (χ0n) is 12.0. The van der Waals surface area contributed by atoms with Gasteiger partial charge in [0.2, 0.25) is 0 Å². The Labute approximate surface area is 118 Å². The summed E-state index contributed by atoms with van der Waals surface area (Å²) in [6.45, 7) is 5.53. The predicted molar refractivity (Wildman–Crippen MR) is 74.4 cm³/mol. The van der Waals surface area contributed by atoms with Crippen molar-refractivity contribution in [3.8, 4) is 0 Å². The predicted octanol–water partition coefficient (Wildman–Crippen LogP) is 3.10. The summed E-state index contributed by atoms with van der Waals surface area (Å²) >= 11 is 0. The molecule has 0 bridgehead atoms. The number of benzene rings is 1. The molecule has 20 heavy (non-hydrogen) atoms. The first-order valence-corrected chi connectivity index (χ1v) is 7.10. The Balaban J connectivity index is 2.14. The van der Waals surface area contributed by atoms with Gasteiger partial charge in [0.05, 0.1) is 0 Å². The standard InChI is InChI=1S/C16H21F2NO/c1-16(2,11-5-4-8-19-10-11)15(20)9-12-13(17)6-3-7-14(12)18/h3,6-7,11,19H,4-5,8-10H2,1-2H3. The Morgan fingerprint density at radius 3 is 2.55 bits per heavy atom. The van der Waals surface area contributed by atoms with Crippen molar-refractivity contribution < 1.29 is 13.6 Å². The first-order chi connectivity index (χ1) is 9.43. The molecule has 1 N–H and O–H groups in total. The van der Waals surface area contributed by atoms with Crippen molar-refractivity contribution in [3.63, 3.8) is 0 Å². The second-order valence-corrected chi connectivity index (χ2v) is 6.07. The van der Waals surface area contributed by atoms with Gasteiger partial charge in [-0.15, -0.1) is 0 Å². The van der Waals surface area contributed by atoms with E-state index in [-0.39, 0.29) is 23.7 Å². The molecule has 1 aliphatic rings. The van der Waals surface area contributed by atoms with Crippen LogP contribution in [-0.4, -0.2) is 18.9 Å². The molecule has 0 radical (unpaired) electrons. The fourth-order valence-electron chi connectivity index (χ4n) is 2.79. The van der Waals surface area contributed by atoms with Crippen LogP contribution in [0, 0.1) is 23.0 Å². The largest absolute Gasteiger partial charge is 0.316 e. The number of hydrogen-bond acceptors (Lipinski definition) is 2. The number of hydrogen-bond donors (Lipinski definition) is 1. The normalized spacial score (nSPS) is 19.9. The Hall–Kier alpha value is -1.29. The molecule has 110 valence electrons. The van der Waals surface area contributed by atoms with Crippen molar-refractivity contribution in [1.29, 1.82) is 0 Å². The highest BCUT2D eigenvalue weighted by Crippen LogP contribution is 2.34. The molecule has 0 spiro atoms. The second-order valence-electron chi connectivity index (χ2n) is 6.07. The number of carbonyl (C=O) groups is 1. The molecule has 1 heterocycles. The van der Waals surface area contributed by atoms with Crippen molar-refractivity contribution in [2.75, 3.05) is 13.1 Å². The molecule has 0 saturated carbocycles. The molecule has 2 nitrogen and oxygen atoms in total. The summed E-state index contributed by atoms with van der Waals surface area (Å²) in [6, 6.07) is 3.70. The zero-order valence-corrected chi connectivity index (χ0v) is 12.0. The van der Waals surface area contributed by atoms with Crippen LogP contribution in [0.1, 0.15) is 32.3 Å². The van der Waals surface area contributed by atoms with Crippen molar-refractivity contribution in [2.45, 2.75) is 33.1 Å². The molecule has 1 fully saturated rings. The minimum atomic E-state index is -0.643. The van der Waals surface area contributed by atoms with Crippen LogP contribution in [0.3, 0.4) is 0 Å². The van der Waals surface area contributed by atoms with E-state index in [9.17, 15) is 13.6 Å². The third kappa shape index (κ3) is 3.06. The molecule has 1 saturated heterocycles. The first-order valence-electron chi connectivity index (χ1n) is 7.10. The van der Waals surface area contributed by atoms with Crippen LogP contribution in [0.5, 0.6) is 0 Å². The number of rotatable bonds is 4. The fourth-order valence-corrected chi connectivity index (χ4v) is 2.79. The minimum absolute atomic E-state index is 0.102. The van der Waals surface area contributed by atoms with Crippen molar-refractivity contribution >= 4 is 5.78 Å². The van der Waals surface area contributed by atoms with Gasteiger partial charge in [0.25, 0.3) is 0 Å². The third-order valence-corrected chi connectivity index (χ3v) is 4.44. The lowest BCUT2D eigenvalue weighted by Gasteiger charge is -2.36. The van der Waals surface area contributed by atoms with Gasteiger partial charge >= 0.3 is 0 Å². The van der Waals surface area contributed by atoms with Gasteiger partial charge in [-0.1, -0.05) is 19.9 Å². The number of Topliss-reactive ketones (excluding diaryl/α,β-unsaturated/α-hetero) is 1. The number of ketones is 1. The number of halogens is 2. The Morgan fingerprint density at radius 2 is 2.00 bits per heavy atom. The molecule has 2 rings (SSSR count). The van der Waals surface area contributed by atoms with E-state index in [2.05, 4.69) is 5.32 Å². The molecule has 0 aliphatic carbocycles. The molecule has 0 amide bonds. The van der Waals surface area contributed by atoms with E-state index < -0.39 is 17.0 Å². The van der Waals surface area contributed by atoms with E-state index in [1.165, 1.54) is 18.2 Å². The molecule has 1 aromatic carbocycles. The molecule has 0 aromatic heterocycles. The van der Waals surface area contributed by atoms with Crippen molar-refractivity contribution in [3.05, 3.63) is 35.4 Å². The van der Waals surface area contributed by atoms with E-state index in [0.717, 1.165) is 25.9 Å². The van der Waals surface area contributed by atoms with Gasteiger partial charge in [0.15, 0.2) is 0 Å². The summed E-state index contributed by atoms with van der Waals surface area (Å²) in [5.41, 5.74) is -0.684. The number of piperidine rings is 1. The fraction of sp³-hybridized carbons (Fsp3) is 0.562. The third-order valence-electron chi connectivity index (χ3n) is 4.44. The van der Waals surface area contributed by atoms with E-state index in [4.69, 9.17) is 0 Å². The maximum Gasteiger partial charge on any atom is 0.143 e. The quantitative estimate of drug-likeness (QED) is 0.919. The summed E-state index contributed by atoms with van der Waals surface area (Å²) in [5.74, 6) is -1.17. The van der Waals surface area contributed by atoms with Gasteiger partial charge in [-0.05, 0) is 44.0 Å². The highest BCUT2D eigenvalue weighted by Gasteiger charge is 2.37. The second kappa shape index (κ2) is 6.00. The molecular formula is C16H21F2NO. The zero-order chi connectivity index (χ0) is 14.8. The van der Waals surface area contributed by atoms with E-state index in [1.807, 2.05) is 13.8 Å². The summed E-state index contributed by atoms with van der Waals surface area (Å²) in [5, 5.41) is 3.28. The number of nitrogens with one attached hydrogen (secondary N) is 1. The van der Waals surface area contributed by atoms with E-state index in [1.54, 1.807) is 0 Å². The topological polar surface area (TPSA) is 29.1 Å². The summed E-state index contributed by atoms with van der Waals surface area (Å²) < 4.78 is 27.3. The SMILES string of the molecule is CC(C)(C(=O)Cc1c(F)cccc1F)C1CCCNC1. The molecule has 4 heteroatoms. The average molecular weight is 281 g/mol. The van der Waals surface area contributed by atoms with Crippen LogP contribution in [0.2, 0.25) is 0 Å². The lowest BCUT2D eigenvalue weighted by molar-refractivity contribution is -0.129. The molecule has 1 aliphatic heterocycles. The van der Waals surface area contributed by atoms with Gasteiger partial charge in [-0.25, -0.2) is 8.78 Å². The van der Waals surface area contributed by atoms with Crippen LogP contribution in [0.4, 0.5) is 8.78 Å². The van der Waals surface area contributed by atoms with Crippen LogP contribution in [0.25, 0.3) is 0 Å². The van der Waals surface area contributed by atoms with Gasteiger partial charge in [-0.2, -0.15) is 0 Å².